The van der Waals surface area contributed by atoms with Crippen LogP contribution in [0.1, 0.15) is 29.9 Å². The zero-order valence-electron chi connectivity index (χ0n) is 12.0. The van der Waals surface area contributed by atoms with Crippen molar-refractivity contribution >= 4 is 16.3 Å². The summed E-state index contributed by atoms with van der Waals surface area (Å²) in [7, 11) is 0. The average molecular weight is 270 g/mol. The van der Waals surface area contributed by atoms with Crippen LogP contribution in [0, 0.1) is 0 Å². The maximum absolute atomic E-state index is 2.43. The molecule has 1 atom stereocenters. The Labute approximate surface area is 125 Å². The maximum Gasteiger partial charge on any atom is 0.00952 e. The molecule has 0 heterocycles. The molecule has 21 heavy (non-hydrogen) atoms. The lowest BCUT2D eigenvalue weighted by molar-refractivity contribution is 0.812. The third-order valence-electron chi connectivity index (χ3n) is 4.50. The van der Waals surface area contributed by atoms with Gasteiger partial charge in [0.1, 0.15) is 0 Å². The van der Waals surface area contributed by atoms with E-state index >= 15 is 0 Å². The molecule has 4 rings (SSSR count). The summed E-state index contributed by atoms with van der Waals surface area (Å²) >= 11 is 0. The third kappa shape index (κ3) is 2.17. The van der Waals surface area contributed by atoms with Crippen LogP contribution in [0.25, 0.3) is 16.3 Å². The van der Waals surface area contributed by atoms with Gasteiger partial charge in [-0.05, 0) is 40.3 Å². The molecule has 0 heteroatoms. The van der Waals surface area contributed by atoms with E-state index in [1.54, 1.807) is 0 Å². The fourth-order valence-corrected chi connectivity index (χ4v) is 3.51. The van der Waals surface area contributed by atoms with Crippen LogP contribution in [0.15, 0.2) is 78.9 Å². The molecule has 3 aromatic carbocycles. The molecular formula is C21H18. The zero-order valence-corrected chi connectivity index (χ0v) is 12.0. The van der Waals surface area contributed by atoms with Gasteiger partial charge >= 0.3 is 0 Å². The van der Waals surface area contributed by atoms with E-state index < -0.39 is 0 Å². The topological polar surface area (TPSA) is 0 Å². The number of rotatable bonds is 2. The Hall–Kier alpha value is -2.34. The van der Waals surface area contributed by atoms with E-state index in [2.05, 4.69) is 78.9 Å². The summed E-state index contributed by atoms with van der Waals surface area (Å²) < 4.78 is 0. The zero-order chi connectivity index (χ0) is 14.1. The van der Waals surface area contributed by atoms with E-state index in [-0.39, 0.29) is 0 Å². The molecule has 0 N–H and O–H groups in total. The standard InChI is InChI=1S/C21H18/c1-2-8-16(9-3-1)19-13-7-15-21(19)20-14-6-11-17-10-4-5-12-18(17)20/h1-6,8-12,14-15,19H,7,13H2. The molecule has 1 unspecified atom stereocenters. The highest BCUT2D eigenvalue weighted by Crippen LogP contribution is 2.42. The van der Waals surface area contributed by atoms with Crippen LogP contribution in [0.4, 0.5) is 0 Å². The number of hydrogen-bond acceptors (Lipinski definition) is 0. The largest absolute Gasteiger partial charge is 0.0800 e. The van der Waals surface area contributed by atoms with Gasteiger partial charge in [-0.2, -0.15) is 0 Å². The molecule has 0 aliphatic heterocycles. The van der Waals surface area contributed by atoms with Crippen molar-refractivity contribution in [3.8, 4) is 0 Å². The van der Waals surface area contributed by atoms with Crippen LogP contribution in [-0.2, 0) is 0 Å². The van der Waals surface area contributed by atoms with Gasteiger partial charge in [0.15, 0.2) is 0 Å². The van der Waals surface area contributed by atoms with Crippen molar-refractivity contribution < 1.29 is 0 Å². The van der Waals surface area contributed by atoms with E-state index in [1.807, 2.05) is 0 Å². The van der Waals surface area contributed by atoms with Gasteiger partial charge in [-0.15, -0.1) is 0 Å². The molecule has 0 amide bonds. The average Bonchev–Trinajstić information content (AvgIpc) is 3.04. The fourth-order valence-electron chi connectivity index (χ4n) is 3.51. The number of allylic oxidation sites excluding steroid dienone is 2. The monoisotopic (exact) mass is 270 g/mol. The highest BCUT2D eigenvalue weighted by Gasteiger charge is 2.23. The highest BCUT2D eigenvalue weighted by molar-refractivity contribution is 5.95. The first-order valence-electron chi connectivity index (χ1n) is 7.66. The van der Waals surface area contributed by atoms with Crippen LogP contribution in [0.5, 0.6) is 0 Å². The van der Waals surface area contributed by atoms with Crippen molar-refractivity contribution in [2.45, 2.75) is 18.8 Å². The molecule has 1 aliphatic rings. The minimum Gasteiger partial charge on any atom is -0.0800 e. The molecule has 1 aliphatic carbocycles. The van der Waals surface area contributed by atoms with Crippen LogP contribution in [-0.4, -0.2) is 0 Å². The Morgan fingerprint density at radius 3 is 2.38 bits per heavy atom. The molecule has 0 saturated heterocycles. The molecule has 0 saturated carbocycles. The summed E-state index contributed by atoms with van der Waals surface area (Å²) in [4.78, 5) is 0. The molecule has 3 aromatic rings. The van der Waals surface area contributed by atoms with Crippen molar-refractivity contribution in [1.82, 2.24) is 0 Å². The van der Waals surface area contributed by atoms with E-state index in [1.165, 1.54) is 40.3 Å². The van der Waals surface area contributed by atoms with Gasteiger partial charge in [0.2, 0.25) is 0 Å². The summed E-state index contributed by atoms with van der Waals surface area (Å²) in [6.45, 7) is 0. The number of fused-ring (bicyclic) bond motifs is 1. The van der Waals surface area contributed by atoms with Crippen LogP contribution in [0.2, 0.25) is 0 Å². The first-order chi connectivity index (χ1) is 10.4. The Morgan fingerprint density at radius 2 is 1.48 bits per heavy atom. The predicted octanol–water partition coefficient (Wildman–Crippen LogP) is 5.80. The molecule has 0 radical (unpaired) electrons. The summed E-state index contributed by atoms with van der Waals surface area (Å²) in [6.07, 6.45) is 4.83. The SMILES string of the molecule is C1=C(c2cccc3ccccc23)C(c2ccccc2)CC1. The van der Waals surface area contributed by atoms with Crippen LogP contribution >= 0.6 is 0 Å². The molecule has 0 fully saturated rings. The fraction of sp³-hybridized carbons (Fsp3) is 0.143. The summed E-state index contributed by atoms with van der Waals surface area (Å²) in [6, 6.07) is 26.3. The Morgan fingerprint density at radius 1 is 0.714 bits per heavy atom. The summed E-state index contributed by atoms with van der Waals surface area (Å²) in [5, 5.41) is 2.70. The molecule has 0 spiro atoms. The van der Waals surface area contributed by atoms with Crippen molar-refractivity contribution in [3.63, 3.8) is 0 Å². The third-order valence-corrected chi connectivity index (χ3v) is 4.50. The summed E-state index contributed by atoms with van der Waals surface area (Å²) in [5.74, 6) is 0.539. The number of benzene rings is 3. The molecule has 102 valence electrons. The first-order valence-corrected chi connectivity index (χ1v) is 7.66. The van der Waals surface area contributed by atoms with E-state index in [9.17, 15) is 0 Å². The van der Waals surface area contributed by atoms with Gasteiger partial charge in [0.05, 0.1) is 0 Å². The smallest absolute Gasteiger partial charge is 0.00952 e. The Balaban J connectivity index is 1.85. The first kappa shape index (κ1) is 12.4. The summed E-state index contributed by atoms with van der Waals surface area (Å²) in [5.41, 5.74) is 4.34. The molecule has 0 nitrogen and oxygen atoms in total. The lowest BCUT2D eigenvalue weighted by atomic mass is 9.86. The second-order valence-corrected chi connectivity index (χ2v) is 5.73. The van der Waals surface area contributed by atoms with Crippen molar-refractivity contribution in [1.29, 1.82) is 0 Å². The van der Waals surface area contributed by atoms with E-state index in [4.69, 9.17) is 0 Å². The van der Waals surface area contributed by atoms with E-state index in [0.29, 0.717) is 5.92 Å². The lowest BCUT2D eigenvalue weighted by Crippen LogP contribution is -1.98. The Kier molecular flexibility index (Phi) is 3.08. The van der Waals surface area contributed by atoms with Crippen molar-refractivity contribution in [2.75, 3.05) is 0 Å². The molecule has 0 aromatic heterocycles. The van der Waals surface area contributed by atoms with Gasteiger partial charge in [-0.3, -0.25) is 0 Å². The lowest BCUT2D eigenvalue weighted by Gasteiger charge is -2.17. The number of hydrogen-bond donors (Lipinski definition) is 0. The van der Waals surface area contributed by atoms with Gasteiger partial charge in [0.25, 0.3) is 0 Å². The van der Waals surface area contributed by atoms with Gasteiger partial charge in [-0.25, -0.2) is 0 Å². The van der Waals surface area contributed by atoms with Crippen molar-refractivity contribution in [3.05, 3.63) is 90.0 Å². The minimum absolute atomic E-state index is 0.539. The quantitative estimate of drug-likeness (QED) is 0.552. The predicted molar refractivity (Wildman–Crippen MR) is 90.3 cm³/mol. The van der Waals surface area contributed by atoms with Gasteiger partial charge in [-0.1, -0.05) is 78.9 Å². The molecule has 0 bridgehead atoms. The van der Waals surface area contributed by atoms with Gasteiger partial charge < -0.3 is 0 Å². The maximum atomic E-state index is 2.43. The van der Waals surface area contributed by atoms with Crippen LogP contribution in [0.3, 0.4) is 0 Å². The normalized spacial score (nSPS) is 17.9. The Bertz CT molecular complexity index is 791. The van der Waals surface area contributed by atoms with Gasteiger partial charge in [0, 0.05) is 5.92 Å². The second kappa shape index (κ2) is 5.21. The molecular weight excluding hydrogens is 252 g/mol. The highest BCUT2D eigenvalue weighted by atomic mass is 14.3. The van der Waals surface area contributed by atoms with E-state index in [0.717, 1.165) is 0 Å². The van der Waals surface area contributed by atoms with Crippen molar-refractivity contribution in [2.24, 2.45) is 0 Å². The minimum atomic E-state index is 0.539. The second-order valence-electron chi connectivity index (χ2n) is 5.73. The van der Waals surface area contributed by atoms with Crippen LogP contribution < -0.4 is 0 Å².